The predicted octanol–water partition coefficient (Wildman–Crippen LogP) is 3.76. The Hall–Kier alpha value is -1.24. The second-order valence-electron chi connectivity index (χ2n) is 3.51. The Balaban J connectivity index is 2.28. The quantitative estimate of drug-likeness (QED) is 0.695. The molecule has 0 aliphatic carbocycles. The van der Waals surface area contributed by atoms with Gasteiger partial charge in [0.05, 0.1) is 0 Å². The van der Waals surface area contributed by atoms with Gasteiger partial charge in [0.15, 0.2) is 0 Å². The van der Waals surface area contributed by atoms with E-state index in [9.17, 15) is 0 Å². The molecule has 1 rings (SSSR count). The van der Waals surface area contributed by atoms with Crippen molar-refractivity contribution in [2.45, 2.75) is 26.7 Å². The Labute approximate surface area is 86.8 Å². The van der Waals surface area contributed by atoms with E-state index in [2.05, 4.69) is 55.6 Å². The molecule has 76 valence electrons. The number of aryl methyl sites for hydroxylation is 1. The number of nitrogens with one attached hydrogen (secondary N) is 1. The normalized spacial score (nSPS) is 10.7. The van der Waals surface area contributed by atoms with Gasteiger partial charge in [0.25, 0.3) is 0 Å². The zero-order valence-corrected chi connectivity index (χ0v) is 9.09. The molecular formula is C13H19N. The smallest absolute Gasteiger partial charge is 0.0342 e. The monoisotopic (exact) mass is 189 g/mol. The number of benzene rings is 1. The molecule has 0 aromatic heterocycles. The lowest BCUT2D eigenvalue weighted by atomic mass is 10.2. The Bertz CT molecular complexity index is 272. The van der Waals surface area contributed by atoms with Crippen molar-refractivity contribution in [1.29, 1.82) is 0 Å². The topological polar surface area (TPSA) is 12.0 Å². The zero-order valence-electron chi connectivity index (χ0n) is 9.09. The number of allylic oxidation sites excluding steroid dienone is 1. The fourth-order valence-electron chi connectivity index (χ4n) is 1.22. The highest BCUT2D eigenvalue weighted by molar-refractivity contribution is 5.44. The van der Waals surface area contributed by atoms with Gasteiger partial charge in [-0.25, -0.2) is 0 Å². The van der Waals surface area contributed by atoms with Crippen LogP contribution < -0.4 is 5.32 Å². The summed E-state index contributed by atoms with van der Waals surface area (Å²) in [6, 6.07) is 8.47. The summed E-state index contributed by atoms with van der Waals surface area (Å²) in [5.74, 6) is 0. The summed E-state index contributed by atoms with van der Waals surface area (Å²) >= 11 is 0. The average molecular weight is 189 g/mol. The van der Waals surface area contributed by atoms with Gasteiger partial charge in [0.2, 0.25) is 0 Å². The summed E-state index contributed by atoms with van der Waals surface area (Å²) in [4.78, 5) is 0. The molecule has 1 aromatic rings. The lowest BCUT2D eigenvalue weighted by Crippen LogP contribution is -1.97. The largest absolute Gasteiger partial charge is 0.382 e. The summed E-state index contributed by atoms with van der Waals surface area (Å²) in [5.41, 5.74) is 2.49. The molecule has 0 saturated heterocycles. The van der Waals surface area contributed by atoms with E-state index in [4.69, 9.17) is 0 Å². The third-order valence-electron chi connectivity index (χ3n) is 2.10. The molecule has 0 fully saturated rings. The number of unbranched alkanes of at least 4 members (excludes halogenated alkanes) is 1. The van der Waals surface area contributed by atoms with Crippen molar-refractivity contribution in [3.05, 3.63) is 42.0 Å². The van der Waals surface area contributed by atoms with Gasteiger partial charge in [-0.1, -0.05) is 43.2 Å². The van der Waals surface area contributed by atoms with Gasteiger partial charge < -0.3 is 5.32 Å². The molecule has 0 spiro atoms. The van der Waals surface area contributed by atoms with Gasteiger partial charge >= 0.3 is 0 Å². The highest BCUT2D eigenvalue weighted by Crippen LogP contribution is 2.07. The summed E-state index contributed by atoms with van der Waals surface area (Å²) in [5, 5.41) is 3.34. The summed E-state index contributed by atoms with van der Waals surface area (Å²) < 4.78 is 0. The predicted molar refractivity (Wildman–Crippen MR) is 63.7 cm³/mol. The van der Waals surface area contributed by atoms with Crippen LogP contribution in [0.1, 0.15) is 25.3 Å². The van der Waals surface area contributed by atoms with Crippen LogP contribution >= 0.6 is 0 Å². The van der Waals surface area contributed by atoms with Crippen molar-refractivity contribution in [1.82, 2.24) is 0 Å². The van der Waals surface area contributed by atoms with E-state index >= 15 is 0 Å². The molecule has 1 heteroatoms. The zero-order chi connectivity index (χ0) is 10.2. The van der Waals surface area contributed by atoms with Gasteiger partial charge in [0.1, 0.15) is 0 Å². The number of hydrogen-bond donors (Lipinski definition) is 1. The van der Waals surface area contributed by atoms with E-state index in [0.29, 0.717) is 0 Å². The first kappa shape index (κ1) is 10.8. The van der Waals surface area contributed by atoms with Crippen LogP contribution in [-0.2, 0) is 0 Å². The van der Waals surface area contributed by atoms with Crippen LogP contribution in [0, 0.1) is 6.92 Å². The highest BCUT2D eigenvalue weighted by Gasteiger charge is 1.87. The summed E-state index contributed by atoms with van der Waals surface area (Å²) in [6.07, 6.45) is 6.81. The van der Waals surface area contributed by atoms with Crippen molar-refractivity contribution in [2.24, 2.45) is 0 Å². The molecule has 0 heterocycles. The summed E-state index contributed by atoms with van der Waals surface area (Å²) in [7, 11) is 0. The van der Waals surface area contributed by atoms with Crippen LogP contribution in [0.4, 0.5) is 5.69 Å². The third-order valence-corrected chi connectivity index (χ3v) is 2.10. The summed E-state index contributed by atoms with van der Waals surface area (Å²) in [6.45, 7) is 5.21. The van der Waals surface area contributed by atoms with Crippen LogP contribution in [0.25, 0.3) is 0 Å². The Morgan fingerprint density at radius 3 is 2.50 bits per heavy atom. The van der Waals surface area contributed by atoms with Crippen LogP contribution in [0.15, 0.2) is 36.4 Å². The molecule has 0 amide bonds. The van der Waals surface area contributed by atoms with Crippen LogP contribution in [0.5, 0.6) is 0 Å². The molecule has 0 radical (unpaired) electrons. The Kier molecular flexibility index (Phi) is 4.84. The molecule has 0 atom stereocenters. The van der Waals surface area contributed by atoms with E-state index in [-0.39, 0.29) is 0 Å². The van der Waals surface area contributed by atoms with Crippen molar-refractivity contribution >= 4 is 5.69 Å². The molecule has 14 heavy (non-hydrogen) atoms. The fraction of sp³-hybridized carbons (Fsp3) is 0.385. The SMILES string of the molecule is CCC/C=C\CNc1ccc(C)cc1. The first-order valence-corrected chi connectivity index (χ1v) is 5.28. The molecule has 0 saturated carbocycles. The highest BCUT2D eigenvalue weighted by atomic mass is 14.8. The second-order valence-corrected chi connectivity index (χ2v) is 3.51. The van der Waals surface area contributed by atoms with Gasteiger partial charge in [-0.05, 0) is 25.5 Å². The van der Waals surface area contributed by atoms with E-state index in [1.54, 1.807) is 0 Å². The Morgan fingerprint density at radius 1 is 1.14 bits per heavy atom. The van der Waals surface area contributed by atoms with E-state index in [0.717, 1.165) is 6.54 Å². The maximum absolute atomic E-state index is 3.34. The van der Waals surface area contributed by atoms with Crippen molar-refractivity contribution in [2.75, 3.05) is 11.9 Å². The molecule has 1 N–H and O–H groups in total. The molecule has 1 aromatic carbocycles. The Morgan fingerprint density at radius 2 is 1.86 bits per heavy atom. The van der Waals surface area contributed by atoms with E-state index in [1.807, 2.05) is 0 Å². The van der Waals surface area contributed by atoms with Crippen molar-refractivity contribution in [3.8, 4) is 0 Å². The molecule has 0 aliphatic rings. The van der Waals surface area contributed by atoms with Crippen LogP contribution in [0.2, 0.25) is 0 Å². The number of rotatable bonds is 5. The van der Waals surface area contributed by atoms with Crippen molar-refractivity contribution in [3.63, 3.8) is 0 Å². The van der Waals surface area contributed by atoms with Gasteiger partial charge in [-0.15, -0.1) is 0 Å². The van der Waals surface area contributed by atoms with Crippen LogP contribution in [0.3, 0.4) is 0 Å². The first-order valence-electron chi connectivity index (χ1n) is 5.28. The third kappa shape index (κ3) is 4.13. The fourth-order valence-corrected chi connectivity index (χ4v) is 1.22. The molecular weight excluding hydrogens is 170 g/mol. The van der Waals surface area contributed by atoms with E-state index in [1.165, 1.54) is 24.1 Å². The van der Waals surface area contributed by atoms with Gasteiger partial charge in [-0.2, -0.15) is 0 Å². The average Bonchev–Trinajstić information content (AvgIpc) is 2.21. The standard InChI is InChI=1S/C13H19N/c1-3-4-5-6-11-14-13-9-7-12(2)8-10-13/h5-10,14H,3-4,11H2,1-2H3/b6-5-. The second kappa shape index (κ2) is 6.25. The van der Waals surface area contributed by atoms with E-state index < -0.39 is 0 Å². The molecule has 0 aliphatic heterocycles. The van der Waals surface area contributed by atoms with Gasteiger partial charge in [-0.3, -0.25) is 0 Å². The lowest BCUT2D eigenvalue weighted by Gasteiger charge is -2.02. The maximum atomic E-state index is 3.34. The number of hydrogen-bond acceptors (Lipinski definition) is 1. The minimum absolute atomic E-state index is 0.920. The lowest BCUT2D eigenvalue weighted by molar-refractivity contribution is 0.955. The first-order chi connectivity index (χ1) is 6.83. The maximum Gasteiger partial charge on any atom is 0.0342 e. The minimum Gasteiger partial charge on any atom is -0.382 e. The molecule has 0 bridgehead atoms. The molecule has 0 unspecified atom stereocenters. The van der Waals surface area contributed by atoms with Crippen LogP contribution in [-0.4, -0.2) is 6.54 Å². The van der Waals surface area contributed by atoms with Gasteiger partial charge in [0, 0.05) is 12.2 Å². The number of anilines is 1. The minimum atomic E-state index is 0.920. The van der Waals surface area contributed by atoms with Crippen molar-refractivity contribution < 1.29 is 0 Å². The molecule has 1 nitrogen and oxygen atoms in total.